The normalized spacial score (nSPS) is 29.7. The fourth-order valence-corrected chi connectivity index (χ4v) is 3.12. The highest BCUT2D eigenvalue weighted by molar-refractivity contribution is 6.21. The van der Waals surface area contributed by atoms with Gasteiger partial charge in [-0.05, 0) is 26.0 Å². The van der Waals surface area contributed by atoms with Gasteiger partial charge in [0.2, 0.25) is 0 Å². The minimum absolute atomic E-state index is 0.156. The van der Waals surface area contributed by atoms with E-state index < -0.39 is 0 Å². The molecule has 1 aromatic carbocycles. The van der Waals surface area contributed by atoms with E-state index in [0.717, 1.165) is 13.1 Å². The van der Waals surface area contributed by atoms with E-state index >= 15 is 0 Å². The Balaban J connectivity index is 1.76. The number of benzene rings is 1. The average molecular weight is 275 g/mol. The molecule has 1 N–H and O–H groups in total. The molecule has 5 nitrogen and oxygen atoms in total. The second-order valence-corrected chi connectivity index (χ2v) is 5.66. The van der Waals surface area contributed by atoms with Gasteiger partial charge in [0.1, 0.15) is 25.3 Å². The molecule has 0 saturated carbocycles. The van der Waals surface area contributed by atoms with E-state index in [4.69, 9.17) is 4.74 Å². The molecule has 3 rings (SSSR count). The molecule has 0 radical (unpaired) electrons. The molecule has 0 aromatic heterocycles. The first-order chi connectivity index (χ1) is 9.56. The van der Waals surface area contributed by atoms with Gasteiger partial charge in [-0.2, -0.15) is 0 Å². The van der Waals surface area contributed by atoms with Gasteiger partial charge in [-0.25, -0.2) is 4.90 Å². The molecule has 106 valence electrons. The standard InChI is InChI=1S/C15H18N2O3/c1-10-7-16(8-11(2)20-10)9-17-14(18)12-5-3-4-6-13(12)15(17)19/h3-6,10-11H,7-9H2,1-2H3/p+1. The van der Waals surface area contributed by atoms with E-state index in [1.54, 1.807) is 24.3 Å². The minimum Gasteiger partial charge on any atom is -0.364 e. The summed E-state index contributed by atoms with van der Waals surface area (Å²) in [5.74, 6) is -0.352. The van der Waals surface area contributed by atoms with E-state index in [-0.39, 0.29) is 24.0 Å². The number of fused-ring (bicyclic) bond motifs is 1. The molecule has 1 aromatic rings. The molecule has 0 bridgehead atoms. The van der Waals surface area contributed by atoms with Gasteiger partial charge >= 0.3 is 0 Å². The Morgan fingerprint density at radius 1 is 1.10 bits per heavy atom. The predicted octanol–water partition coefficient (Wildman–Crippen LogP) is -0.0678. The highest BCUT2D eigenvalue weighted by atomic mass is 16.5. The van der Waals surface area contributed by atoms with E-state index in [2.05, 4.69) is 0 Å². The van der Waals surface area contributed by atoms with E-state index in [1.165, 1.54) is 9.80 Å². The molecule has 2 aliphatic rings. The zero-order valence-electron chi connectivity index (χ0n) is 11.8. The van der Waals surface area contributed by atoms with Gasteiger partial charge in [-0.15, -0.1) is 0 Å². The largest absolute Gasteiger partial charge is 0.364 e. The Morgan fingerprint density at radius 2 is 1.60 bits per heavy atom. The molecule has 1 saturated heterocycles. The topological polar surface area (TPSA) is 51.0 Å². The zero-order chi connectivity index (χ0) is 14.3. The molecular weight excluding hydrogens is 256 g/mol. The molecule has 2 atom stereocenters. The van der Waals surface area contributed by atoms with Crippen LogP contribution in [0, 0.1) is 0 Å². The number of carbonyl (C=O) groups is 2. The van der Waals surface area contributed by atoms with Crippen molar-refractivity contribution in [3.8, 4) is 0 Å². The molecule has 2 amide bonds. The second kappa shape index (κ2) is 5.00. The van der Waals surface area contributed by atoms with Gasteiger partial charge in [0.05, 0.1) is 11.1 Å². The molecule has 2 aliphatic heterocycles. The number of quaternary nitrogens is 1. The SMILES string of the molecule is CC1C[NH+](CN2C(=O)c3ccccc3C2=O)CC(C)O1. The van der Waals surface area contributed by atoms with E-state index in [1.807, 2.05) is 13.8 Å². The molecule has 5 heteroatoms. The third-order valence-electron chi connectivity index (χ3n) is 3.88. The Morgan fingerprint density at radius 3 is 2.10 bits per heavy atom. The van der Waals surface area contributed by atoms with Crippen molar-refractivity contribution < 1.29 is 19.2 Å². The van der Waals surface area contributed by atoms with Crippen LogP contribution in [0.3, 0.4) is 0 Å². The van der Waals surface area contributed by atoms with Crippen LogP contribution in [0.1, 0.15) is 34.6 Å². The lowest BCUT2D eigenvalue weighted by molar-refractivity contribution is -0.921. The van der Waals surface area contributed by atoms with Crippen LogP contribution in [0.4, 0.5) is 0 Å². The smallest absolute Gasteiger partial charge is 0.265 e. The highest BCUT2D eigenvalue weighted by Crippen LogP contribution is 2.21. The van der Waals surface area contributed by atoms with Crippen molar-refractivity contribution >= 4 is 11.8 Å². The monoisotopic (exact) mass is 275 g/mol. The van der Waals surface area contributed by atoms with Gasteiger partial charge < -0.3 is 9.64 Å². The number of morpholine rings is 1. The number of hydrogen-bond donors (Lipinski definition) is 1. The number of hydrogen-bond acceptors (Lipinski definition) is 3. The summed E-state index contributed by atoms with van der Waals surface area (Å²) in [7, 11) is 0. The average Bonchev–Trinajstić information content (AvgIpc) is 2.64. The summed E-state index contributed by atoms with van der Waals surface area (Å²) in [6.07, 6.45) is 0.313. The van der Waals surface area contributed by atoms with Gasteiger partial charge in [0.15, 0.2) is 6.67 Å². The van der Waals surface area contributed by atoms with E-state index in [0.29, 0.717) is 17.8 Å². The number of nitrogens with zero attached hydrogens (tertiary/aromatic N) is 1. The van der Waals surface area contributed by atoms with Crippen LogP contribution in [0.2, 0.25) is 0 Å². The van der Waals surface area contributed by atoms with Crippen LogP contribution in [0.15, 0.2) is 24.3 Å². The Kier molecular flexibility index (Phi) is 3.31. The quantitative estimate of drug-likeness (QED) is 0.769. The maximum atomic E-state index is 12.3. The second-order valence-electron chi connectivity index (χ2n) is 5.66. The van der Waals surface area contributed by atoms with E-state index in [9.17, 15) is 9.59 Å². The van der Waals surface area contributed by atoms with Crippen molar-refractivity contribution in [2.75, 3.05) is 19.8 Å². The number of carbonyl (C=O) groups excluding carboxylic acids is 2. The van der Waals surface area contributed by atoms with Crippen LogP contribution in [-0.2, 0) is 4.74 Å². The first-order valence-corrected chi connectivity index (χ1v) is 7.00. The van der Waals surface area contributed by atoms with Crippen LogP contribution in [0.5, 0.6) is 0 Å². The summed E-state index contributed by atoms with van der Waals surface area (Å²) in [6.45, 7) is 6.11. The lowest BCUT2D eigenvalue weighted by atomic mass is 10.1. The Hall–Kier alpha value is -1.72. The van der Waals surface area contributed by atoms with Gasteiger partial charge in [0.25, 0.3) is 11.8 Å². The van der Waals surface area contributed by atoms with Crippen molar-refractivity contribution in [2.24, 2.45) is 0 Å². The number of imide groups is 1. The molecule has 0 aliphatic carbocycles. The van der Waals surface area contributed by atoms with Crippen molar-refractivity contribution in [1.29, 1.82) is 0 Å². The fraction of sp³-hybridized carbons (Fsp3) is 0.467. The number of rotatable bonds is 2. The molecule has 2 heterocycles. The summed E-state index contributed by atoms with van der Waals surface area (Å²) < 4.78 is 5.69. The molecule has 1 fully saturated rings. The summed E-state index contributed by atoms with van der Waals surface area (Å²) in [5, 5.41) is 0. The fourth-order valence-electron chi connectivity index (χ4n) is 3.12. The van der Waals surface area contributed by atoms with Crippen LogP contribution in [0.25, 0.3) is 0 Å². The maximum absolute atomic E-state index is 12.3. The maximum Gasteiger partial charge on any atom is 0.265 e. The summed E-state index contributed by atoms with van der Waals surface area (Å²) in [4.78, 5) is 27.2. The van der Waals surface area contributed by atoms with Crippen molar-refractivity contribution in [2.45, 2.75) is 26.1 Å². The number of nitrogens with one attached hydrogen (secondary N) is 1. The number of amides is 2. The Bertz CT molecular complexity index is 513. The zero-order valence-corrected chi connectivity index (χ0v) is 11.8. The van der Waals surface area contributed by atoms with Crippen LogP contribution < -0.4 is 4.90 Å². The van der Waals surface area contributed by atoms with Crippen molar-refractivity contribution in [3.63, 3.8) is 0 Å². The highest BCUT2D eigenvalue weighted by Gasteiger charge is 2.38. The van der Waals surface area contributed by atoms with Gasteiger partial charge in [-0.3, -0.25) is 9.59 Å². The Labute approximate surface area is 118 Å². The van der Waals surface area contributed by atoms with Crippen molar-refractivity contribution in [3.05, 3.63) is 35.4 Å². The first kappa shape index (κ1) is 13.3. The minimum atomic E-state index is -0.176. The third-order valence-corrected chi connectivity index (χ3v) is 3.88. The molecule has 2 unspecified atom stereocenters. The van der Waals surface area contributed by atoms with Crippen molar-refractivity contribution in [1.82, 2.24) is 4.90 Å². The summed E-state index contributed by atoms with van der Waals surface area (Å²) >= 11 is 0. The molecular formula is C15H19N2O3+. The lowest BCUT2D eigenvalue weighted by Gasteiger charge is -2.33. The predicted molar refractivity (Wildman–Crippen MR) is 72.5 cm³/mol. The lowest BCUT2D eigenvalue weighted by Crippen LogP contribution is -3.16. The number of ether oxygens (including phenoxy) is 1. The first-order valence-electron chi connectivity index (χ1n) is 7.00. The molecule has 0 spiro atoms. The third kappa shape index (κ3) is 2.23. The van der Waals surface area contributed by atoms with Gasteiger partial charge in [0, 0.05) is 0 Å². The van der Waals surface area contributed by atoms with Gasteiger partial charge in [-0.1, -0.05) is 12.1 Å². The summed E-state index contributed by atoms with van der Waals surface area (Å²) in [6, 6.07) is 7.02. The van der Waals surface area contributed by atoms with Crippen LogP contribution >= 0.6 is 0 Å². The summed E-state index contributed by atoms with van der Waals surface area (Å²) in [5.41, 5.74) is 1.04. The van der Waals surface area contributed by atoms with Crippen LogP contribution in [-0.4, -0.2) is 48.7 Å². The molecule has 20 heavy (non-hydrogen) atoms.